The highest BCUT2D eigenvalue weighted by atomic mass is 35.5. The maximum Gasteiger partial charge on any atom is 0.391 e. The van der Waals surface area contributed by atoms with Crippen molar-refractivity contribution in [3.63, 3.8) is 0 Å². The van der Waals surface area contributed by atoms with Gasteiger partial charge in [0.05, 0.1) is 18.5 Å². The standard InChI is InChI=1S/C32H30Cl2F4N2O4S/c1-2-6-27-30(41)40(28(20-11-13-22(33)14-12-20)29(44-27)21-7-5-8-23(34)17-21)24(18-32(36,37)38)19-39-45(42,43)31(15-16-31)25-9-3-4-10-26(25)35/h2-5,7-14,17,24,27-29,39H,1,6,15-16,18-19H2/t24-,27+,28-,29-/m1/s1. The number of nitrogens with one attached hydrogen (secondary N) is 1. The minimum atomic E-state index is -4.79. The summed E-state index contributed by atoms with van der Waals surface area (Å²) < 4.78 is 91.6. The molecule has 1 amide bonds. The highest BCUT2D eigenvalue weighted by molar-refractivity contribution is 7.90. The Balaban J connectivity index is 1.59. The third kappa shape index (κ3) is 7.07. The molecule has 1 saturated carbocycles. The van der Waals surface area contributed by atoms with Crippen molar-refractivity contribution in [2.24, 2.45) is 0 Å². The number of hydrogen-bond donors (Lipinski definition) is 1. The second kappa shape index (κ2) is 13.0. The number of halogens is 6. The van der Waals surface area contributed by atoms with Crippen LogP contribution in [-0.4, -0.2) is 44.1 Å². The molecular weight excluding hydrogens is 655 g/mol. The summed E-state index contributed by atoms with van der Waals surface area (Å²) in [6.45, 7) is 2.89. The number of morpholine rings is 1. The summed E-state index contributed by atoms with van der Waals surface area (Å²) in [5, 5.41) is 0.705. The molecule has 0 aromatic heterocycles. The van der Waals surface area contributed by atoms with Crippen LogP contribution in [0.1, 0.15) is 54.5 Å². The molecule has 4 atom stereocenters. The van der Waals surface area contributed by atoms with Gasteiger partial charge in [-0.05, 0) is 54.3 Å². The first-order chi connectivity index (χ1) is 21.3. The van der Waals surface area contributed by atoms with Crippen LogP contribution in [0.2, 0.25) is 10.0 Å². The molecule has 1 aliphatic carbocycles. The van der Waals surface area contributed by atoms with Gasteiger partial charge in [-0.15, -0.1) is 6.58 Å². The van der Waals surface area contributed by atoms with Gasteiger partial charge in [0.25, 0.3) is 5.91 Å². The number of benzene rings is 3. The smallest absolute Gasteiger partial charge is 0.358 e. The fourth-order valence-corrected chi connectivity index (χ4v) is 8.03. The molecule has 1 aliphatic heterocycles. The van der Waals surface area contributed by atoms with E-state index >= 15 is 0 Å². The Labute approximate surface area is 269 Å². The normalized spacial score (nSPS) is 22.2. The van der Waals surface area contributed by atoms with Crippen molar-refractivity contribution in [1.82, 2.24) is 9.62 Å². The van der Waals surface area contributed by atoms with E-state index in [-0.39, 0.29) is 24.8 Å². The summed E-state index contributed by atoms with van der Waals surface area (Å²) in [6, 6.07) is 15.4. The Bertz CT molecular complexity index is 1670. The molecule has 0 spiro atoms. The quantitative estimate of drug-likeness (QED) is 0.166. The Morgan fingerprint density at radius 1 is 1.02 bits per heavy atom. The third-order valence-corrected chi connectivity index (χ3v) is 10.8. The average Bonchev–Trinajstić information content (AvgIpc) is 3.79. The zero-order valence-electron chi connectivity index (χ0n) is 23.8. The first kappa shape index (κ1) is 33.4. The fraction of sp³-hybridized carbons (Fsp3) is 0.344. The van der Waals surface area contributed by atoms with E-state index in [4.69, 9.17) is 27.9 Å². The molecule has 0 bridgehead atoms. The van der Waals surface area contributed by atoms with Crippen molar-refractivity contribution < 1.29 is 35.5 Å². The molecule has 13 heteroatoms. The van der Waals surface area contributed by atoms with Gasteiger partial charge in [-0.25, -0.2) is 17.5 Å². The van der Waals surface area contributed by atoms with Crippen molar-refractivity contribution in [3.05, 3.63) is 118 Å². The summed E-state index contributed by atoms with van der Waals surface area (Å²) in [7, 11) is -4.39. The third-order valence-electron chi connectivity index (χ3n) is 8.15. The summed E-state index contributed by atoms with van der Waals surface area (Å²) in [5.41, 5.74) is 0.852. The first-order valence-electron chi connectivity index (χ1n) is 14.2. The predicted octanol–water partition coefficient (Wildman–Crippen LogP) is 7.65. The molecule has 6 nitrogen and oxygen atoms in total. The molecule has 2 fully saturated rings. The topological polar surface area (TPSA) is 75.7 Å². The second-order valence-electron chi connectivity index (χ2n) is 11.2. The lowest BCUT2D eigenvalue weighted by molar-refractivity contribution is -0.189. The van der Waals surface area contributed by atoms with E-state index in [1.54, 1.807) is 36.4 Å². The fourth-order valence-electron chi connectivity index (χ4n) is 5.92. The molecular formula is C32H30Cl2F4N2O4S. The van der Waals surface area contributed by atoms with Gasteiger partial charge >= 0.3 is 6.18 Å². The lowest BCUT2D eigenvalue weighted by Crippen LogP contribution is -2.58. The van der Waals surface area contributed by atoms with Crippen LogP contribution in [0.3, 0.4) is 0 Å². The van der Waals surface area contributed by atoms with E-state index in [0.29, 0.717) is 21.2 Å². The minimum absolute atomic E-state index is 0.0133. The average molecular weight is 686 g/mol. The van der Waals surface area contributed by atoms with E-state index in [0.717, 1.165) is 11.0 Å². The maximum absolute atomic E-state index is 14.7. The van der Waals surface area contributed by atoms with E-state index in [1.807, 2.05) is 0 Å². The van der Waals surface area contributed by atoms with Crippen LogP contribution >= 0.6 is 23.2 Å². The van der Waals surface area contributed by atoms with Gasteiger partial charge in [0, 0.05) is 28.6 Å². The molecule has 1 heterocycles. The number of alkyl halides is 3. The van der Waals surface area contributed by atoms with Gasteiger partial charge in [0.2, 0.25) is 10.0 Å². The first-order valence-corrected chi connectivity index (χ1v) is 16.4. The zero-order chi connectivity index (χ0) is 32.6. The van der Waals surface area contributed by atoms with E-state index in [9.17, 15) is 30.8 Å². The molecule has 3 aromatic carbocycles. The molecule has 2 aliphatic rings. The molecule has 3 aromatic rings. The Hall–Kier alpha value is -2.96. The van der Waals surface area contributed by atoms with Gasteiger partial charge in [-0.1, -0.05) is 71.7 Å². The number of sulfonamides is 1. The molecule has 45 heavy (non-hydrogen) atoms. The molecule has 0 unspecified atom stereocenters. The van der Waals surface area contributed by atoms with Crippen LogP contribution in [-0.2, 0) is 24.3 Å². The number of hydrogen-bond acceptors (Lipinski definition) is 4. The van der Waals surface area contributed by atoms with E-state index in [1.165, 1.54) is 36.4 Å². The summed E-state index contributed by atoms with van der Waals surface area (Å²) in [5.74, 6) is -1.49. The summed E-state index contributed by atoms with van der Waals surface area (Å²) >= 11 is 12.4. The lowest BCUT2D eigenvalue weighted by atomic mass is 9.89. The van der Waals surface area contributed by atoms with Gasteiger partial charge in [0.15, 0.2) is 0 Å². The van der Waals surface area contributed by atoms with Gasteiger partial charge in [-0.3, -0.25) is 4.79 Å². The van der Waals surface area contributed by atoms with Crippen LogP contribution in [0.15, 0.2) is 85.5 Å². The van der Waals surface area contributed by atoms with Gasteiger partial charge < -0.3 is 9.64 Å². The van der Waals surface area contributed by atoms with E-state index in [2.05, 4.69) is 11.3 Å². The molecule has 5 rings (SSSR count). The van der Waals surface area contributed by atoms with Crippen molar-refractivity contribution in [3.8, 4) is 0 Å². The monoisotopic (exact) mass is 684 g/mol. The maximum atomic E-state index is 14.7. The zero-order valence-corrected chi connectivity index (χ0v) is 26.1. The second-order valence-corrected chi connectivity index (χ2v) is 14.1. The van der Waals surface area contributed by atoms with Crippen molar-refractivity contribution in [2.75, 3.05) is 6.54 Å². The minimum Gasteiger partial charge on any atom is -0.358 e. The van der Waals surface area contributed by atoms with Crippen LogP contribution in [0.5, 0.6) is 0 Å². The highest BCUT2D eigenvalue weighted by Gasteiger charge is 2.57. The Morgan fingerprint density at radius 2 is 1.71 bits per heavy atom. The predicted molar refractivity (Wildman–Crippen MR) is 164 cm³/mol. The summed E-state index contributed by atoms with van der Waals surface area (Å²) in [4.78, 5) is 15.1. The van der Waals surface area contributed by atoms with Crippen LogP contribution in [0.4, 0.5) is 17.6 Å². The van der Waals surface area contributed by atoms with Crippen molar-refractivity contribution in [2.45, 2.75) is 60.9 Å². The number of carbonyl (C=O) groups excluding carboxylic acids is 1. The Morgan fingerprint density at radius 3 is 2.31 bits per heavy atom. The number of amides is 1. The van der Waals surface area contributed by atoms with Crippen LogP contribution in [0, 0.1) is 5.82 Å². The number of carbonyl (C=O) groups is 1. The SMILES string of the molecule is C=CC[C@@H]1O[C@H](c2cccc(Cl)c2)[C@@H](c2ccc(Cl)cc2)N([C@@H](CNS(=O)(=O)C2(c3ccccc3F)CC2)CC(F)(F)F)C1=O. The molecule has 240 valence electrons. The Kier molecular flexibility index (Phi) is 9.68. The largest absolute Gasteiger partial charge is 0.391 e. The van der Waals surface area contributed by atoms with Crippen LogP contribution in [0.25, 0.3) is 0 Å². The van der Waals surface area contributed by atoms with Crippen molar-refractivity contribution in [1.29, 1.82) is 0 Å². The van der Waals surface area contributed by atoms with Gasteiger partial charge in [0.1, 0.15) is 22.8 Å². The van der Waals surface area contributed by atoms with Crippen LogP contribution < -0.4 is 4.72 Å². The van der Waals surface area contributed by atoms with E-state index < -0.39 is 69.9 Å². The summed E-state index contributed by atoms with van der Waals surface area (Å²) in [6.07, 6.45) is -6.93. The molecule has 0 radical (unpaired) electrons. The number of nitrogens with zero attached hydrogens (tertiary/aromatic N) is 1. The molecule has 1 N–H and O–H groups in total. The van der Waals surface area contributed by atoms with Crippen molar-refractivity contribution >= 4 is 39.1 Å². The number of ether oxygens (including phenoxy) is 1. The highest BCUT2D eigenvalue weighted by Crippen LogP contribution is 2.53. The lowest BCUT2D eigenvalue weighted by Gasteiger charge is -2.48. The number of rotatable bonds is 11. The molecule has 1 saturated heterocycles. The van der Waals surface area contributed by atoms with Gasteiger partial charge in [-0.2, -0.15) is 13.2 Å².